The molecule has 2 aromatic carbocycles. The van der Waals surface area contributed by atoms with Crippen LogP contribution < -0.4 is 10.1 Å². The fraction of sp³-hybridized carbons (Fsp3) is 0.407. The zero-order chi connectivity index (χ0) is 25.1. The molecule has 0 radical (unpaired) electrons. The van der Waals surface area contributed by atoms with Gasteiger partial charge in [0.25, 0.3) is 5.91 Å². The van der Waals surface area contributed by atoms with Gasteiger partial charge in [0.1, 0.15) is 11.9 Å². The highest BCUT2D eigenvalue weighted by atomic mass is 16.5. The number of piperidine rings is 1. The Morgan fingerprint density at radius 1 is 1.14 bits per heavy atom. The minimum atomic E-state index is -0.149. The molecular weight excluding hydrogens is 458 g/mol. The van der Waals surface area contributed by atoms with Crippen molar-refractivity contribution in [1.82, 2.24) is 25.2 Å². The Labute approximate surface area is 210 Å². The average molecular weight is 490 g/mol. The number of carbonyl (C=O) groups excluding carboxylic acids is 2. The van der Waals surface area contributed by atoms with E-state index >= 15 is 0 Å². The van der Waals surface area contributed by atoms with Gasteiger partial charge in [-0.2, -0.15) is 0 Å². The molecular formula is C27H31N5O4. The third-order valence-corrected chi connectivity index (χ3v) is 7.00. The van der Waals surface area contributed by atoms with Crippen molar-refractivity contribution < 1.29 is 19.1 Å². The molecule has 0 aliphatic carbocycles. The number of carbonyl (C=O) groups is 2. The van der Waals surface area contributed by atoms with Gasteiger partial charge in [-0.1, -0.05) is 47.2 Å². The van der Waals surface area contributed by atoms with Crippen LogP contribution >= 0.6 is 0 Å². The number of nitrogens with zero attached hydrogens (tertiary/aromatic N) is 4. The van der Waals surface area contributed by atoms with Gasteiger partial charge in [-0.15, -0.1) is 5.10 Å². The van der Waals surface area contributed by atoms with E-state index in [0.29, 0.717) is 50.4 Å². The highest BCUT2D eigenvalue weighted by molar-refractivity contribution is 5.93. The van der Waals surface area contributed by atoms with E-state index in [2.05, 4.69) is 46.8 Å². The van der Waals surface area contributed by atoms with Crippen molar-refractivity contribution in [3.63, 3.8) is 0 Å². The van der Waals surface area contributed by atoms with Gasteiger partial charge in [-0.05, 0) is 43.0 Å². The van der Waals surface area contributed by atoms with Gasteiger partial charge in [-0.3, -0.25) is 9.59 Å². The average Bonchev–Trinajstić information content (AvgIpc) is 3.35. The largest absolute Gasteiger partial charge is 0.497 e. The zero-order valence-electron chi connectivity index (χ0n) is 20.6. The lowest BCUT2D eigenvalue weighted by Gasteiger charge is -2.31. The number of hydrogen-bond acceptors (Lipinski definition) is 6. The normalized spacial score (nSPS) is 17.9. The maximum absolute atomic E-state index is 13.2. The lowest BCUT2D eigenvalue weighted by Crippen LogP contribution is -2.43. The first-order valence-electron chi connectivity index (χ1n) is 12.3. The number of benzene rings is 2. The van der Waals surface area contributed by atoms with Gasteiger partial charge in [0.2, 0.25) is 5.91 Å². The van der Waals surface area contributed by atoms with Gasteiger partial charge in [-0.25, -0.2) is 4.68 Å². The van der Waals surface area contributed by atoms with E-state index in [1.54, 1.807) is 16.7 Å². The molecule has 1 atom stereocenters. The molecule has 9 heteroatoms. The fourth-order valence-corrected chi connectivity index (χ4v) is 4.77. The summed E-state index contributed by atoms with van der Waals surface area (Å²) in [5, 5.41) is 11.5. The van der Waals surface area contributed by atoms with Gasteiger partial charge in [0.15, 0.2) is 5.69 Å². The Hall–Kier alpha value is -3.72. The van der Waals surface area contributed by atoms with Crippen LogP contribution in [0.25, 0.3) is 0 Å². The highest BCUT2D eigenvalue weighted by Gasteiger charge is 2.33. The fourth-order valence-electron chi connectivity index (χ4n) is 4.77. The third-order valence-electron chi connectivity index (χ3n) is 7.00. The molecule has 1 N–H and O–H groups in total. The smallest absolute Gasteiger partial charge is 0.276 e. The molecule has 2 aliphatic rings. The number of likely N-dealkylation sites (tertiary alicyclic amines) is 1. The molecule has 0 bridgehead atoms. The molecule has 1 saturated heterocycles. The van der Waals surface area contributed by atoms with Crippen molar-refractivity contribution in [2.24, 2.45) is 5.92 Å². The lowest BCUT2D eigenvalue weighted by atomic mass is 9.95. The van der Waals surface area contributed by atoms with Crippen LogP contribution in [0.4, 0.5) is 0 Å². The summed E-state index contributed by atoms with van der Waals surface area (Å²) < 4.78 is 13.1. The molecule has 5 rings (SSSR count). The van der Waals surface area contributed by atoms with Gasteiger partial charge in [0, 0.05) is 25.6 Å². The molecule has 0 unspecified atom stereocenters. The second kappa shape index (κ2) is 10.5. The molecule has 188 valence electrons. The number of fused-ring (bicyclic) bond motifs is 1. The van der Waals surface area contributed by atoms with Gasteiger partial charge >= 0.3 is 0 Å². The molecule has 3 heterocycles. The van der Waals surface area contributed by atoms with Crippen LogP contribution in [0.1, 0.15) is 51.8 Å². The summed E-state index contributed by atoms with van der Waals surface area (Å²) in [5.41, 5.74) is 4.32. The number of aromatic nitrogens is 3. The molecule has 9 nitrogen and oxygen atoms in total. The molecule has 2 aliphatic heterocycles. The second-order valence-electron chi connectivity index (χ2n) is 9.41. The molecule has 0 spiro atoms. The molecule has 2 amide bonds. The standard InChI is InChI=1S/C27H31N5O4/c1-18-6-8-20(9-7-18)24-16-32-23(17-36-24)25(29-30-32)27(34)31-12-10-21(11-13-31)26(33)28-15-19-4-3-5-22(14-19)35-2/h3-9,14,21,24H,10-13,15-17H2,1-2H3,(H,28,33)/t24-/m0/s1. The lowest BCUT2D eigenvalue weighted by molar-refractivity contribution is -0.126. The summed E-state index contributed by atoms with van der Waals surface area (Å²) in [6, 6.07) is 15.9. The van der Waals surface area contributed by atoms with Crippen LogP contribution in [0, 0.1) is 12.8 Å². The van der Waals surface area contributed by atoms with Crippen LogP contribution in [0.3, 0.4) is 0 Å². The SMILES string of the molecule is COc1cccc(CNC(=O)C2CCN(C(=O)c3nnn4c3CO[C@H](c3ccc(C)cc3)C4)CC2)c1. The molecule has 1 fully saturated rings. The van der Waals surface area contributed by atoms with Crippen LogP contribution in [0.15, 0.2) is 48.5 Å². The maximum atomic E-state index is 13.2. The van der Waals surface area contributed by atoms with Crippen LogP contribution in [0.5, 0.6) is 5.75 Å². The molecule has 1 aromatic heterocycles. The van der Waals surface area contributed by atoms with Gasteiger partial charge < -0.3 is 19.7 Å². The molecule has 0 saturated carbocycles. The maximum Gasteiger partial charge on any atom is 0.276 e. The minimum Gasteiger partial charge on any atom is -0.497 e. The van der Waals surface area contributed by atoms with Crippen LogP contribution in [-0.2, 0) is 29.2 Å². The predicted molar refractivity (Wildman–Crippen MR) is 132 cm³/mol. The van der Waals surface area contributed by atoms with E-state index < -0.39 is 0 Å². The first-order chi connectivity index (χ1) is 17.5. The number of rotatable bonds is 6. The Morgan fingerprint density at radius 2 is 1.92 bits per heavy atom. The molecule has 3 aromatic rings. The summed E-state index contributed by atoms with van der Waals surface area (Å²) in [7, 11) is 1.62. The van der Waals surface area contributed by atoms with Crippen molar-refractivity contribution in [2.45, 2.75) is 45.6 Å². The Balaban J connectivity index is 1.14. The highest BCUT2D eigenvalue weighted by Crippen LogP contribution is 2.28. The number of amides is 2. The molecule has 36 heavy (non-hydrogen) atoms. The Morgan fingerprint density at radius 3 is 2.67 bits per heavy atom. The summed E-state index contributed by atoms with van der Waals surface area (Å²) in [4.78, 5) is 27.7. The number of methoxy groups -OCH3 is 1. The number of hydrogen-bond donors (Lipinski definition) is 1. The zero-order valence-corrected chi connectivity index (χ0v) is 20.6. The Bertz CT molecular complexity index is 1230. The van der Waals surface area contributed by atoms with E-state index in [0.717, 1.165) is 16.9 Å². The first kappa shape index (κ1) is 24.0. The van der Waals surface area contributed by atoms with Crippen molar-refractivity contribution in [1.29, 1.82) is 0 Å². The van der Waals surface area contributed by atoms with Crippen molar-refractivity contribution in [3.8, 4) is 5.75 Å². The van der Waals surface area contributed by atoms with E-state index in [1.165, 1.54) is 5.56 Å². The summed E-state index contributed by atoms with van der Waals surface area (Å²) in [6.07, 6.45) is 1.12. The number of nitrogens with one attached hydrogen (secondary N) is 1. The van der Waals surface area contributed by atoms with E-state index in [1.807, 2.05) is 24.3 Å². The van der Waals surface area contributed by atoms with Crippen molar-refractivity contribution >= 4 is 11.8 Å². The number of aryl methyl sites for hydroxylation is 1. The minimum absolute atomic E-state index is 0.0153. The number of ether oxygens (including phenoxy) is 2. The van der Waals surface area contributed by atoms with Crippen molar-refractivity contribution in [3.05, 3.63) is 76.6 Å². The quantitative estimate of drug-likeness (QED) is 0.572. The predicted octanol–water partition coefficient (Wildman–Crippen LogP) is 3.04. The van der Waals surface area contributed by atoms with E-state index in [-0.39, 0.29) is 30.4 Å². The summed E-state index contributed by atoms with van der Waals surface area (Å²) in [6.45, 7) is 4.33. The first-order valence-corrected chi connectivity index (χ1v) is 12.3. The third kappa shape index (κ3) is 5.11. The summed E-state index contributed by atoms with van der Waals surface area (Å²) in [5.74, 6) is 0.512. The monoisotopic (exact) mass is 489 g/mol. The van der Waals surface area contributed by atoms with Gasteiger partial charge in [0.05, 0.1) is 26.0 Å². The topological polar surface area (TPSA) is 98.6 Å². The van der Waals surface area contributed by atoms with Crippen molar-refractivity contribution in [2.75, 3.05) is 20.2 Å². The van der Waals surface area contributed by atoms with Crippen LogP contribution in [0.2, 0.25) is 0 Å². The Kier molecular flexibility index (Phi) is 6.99. The van der Waals surface area contributed by atoms with E-state index in [4.69, 9.17) is 9.47 Å². The van der Waals surface area contributed by atoms with Crippen LogP contribution in [-0.4, -0.2) is 51.9 Å². The van der Waals surface area contributed by atoms with E-state index in [9.17, 15) is 9.59 Å². The second-order valence-corrected chi connectivity index (χ2v) is 9.41. The summed E-state index contributed by atoms with van der Waals surface area (Å²) >= 11 is 0.